The minimum atomic E-state index is -1.02. The summed E-state index contributed by atoms with van der Waals surface area (Å²) in [5.74, 6) is -1.89. The Morgan fingerprint density at radius 3 is 2.36 bits per heavy atom. The first-order valence-corrected chi connectivity index (χ1v) is 7.14. The fourth-order valence-electron chi connectivity index (χ4n) is 1.97. The van der Waals surface area contributed by atoms with Gasteiger partial charge in [0.15, 0.2) is 0 Å². The van der Waals surface area contributed by atoms with Crippen LogP contribution < -0.4 is 0 Å². The van der Waals surface area contributed by atoms with Crippen LogP contribution in [-0.2, 0) is 31.9 Å². The van der Waals surface area contributed by atoms with E-state index in [2.05, 4.69) is 0 Å². The van der Waals surface area contributed by atoms with E-state index >= 15 is 0 Å². The van der Waals surface area contributed by atoms with E-state index in [1.165, 1.54) is 0 Å². The Balaban J connectivity index is 2.92. The summed E-state index contributed by atoms with van der Waals surface area (Å²) in [4.78, 5) is 34.2. The normalized spacial score (nSPS) is 10.1. The first-order chi connectivity index (χ1) is 10.5. The number of aliphatic carboxylic acids is 1. The molecule has 0 aliphatic carbocycles. The third-order valence-corrected chi connectivity index (χ3v) is 2.93. The zero-order valence-electron chi connectivity index (χ0n) is 12.8. The summed E-state index contributed by atoms with van der Waals surface area (Å²) in [5.41, 5.74) is 1.38. The average molecular weight is 308 g/mol. The Hall–Kier alpha value is -2.37. The van der Waals surface area contributed by atoms with Gasteiger partial charge in [0.25, 0.3) is 0 Å². The van der Waals surface area contributed by atoms with Crippen molar-refractivity contribution in [2.45, 2.75) is 33.1 Å². The Labute approximate surface area is 129 Å². The van der Waals surface area contributed by atoms with Crippen LogP contribution in [0.3, 0.4) is 0 Å². The molecule has 0 saturated carbocycles. The molecule has 0 heterocycles. The summed E-state index contributed by atoms with van der Waals surface area (Å²) < 4.78 is 9.79. The highest BCUT2D eigenvalue weighted by Gasteiger charge is 2.16. The van der Waals surface area contributed by atoms with Crippen LogP contribution >= 0.6 is 0 Å². The van der Waals surface area contributed by atoms with Gasteiger partial charge in [0.2, 0.25) is 0 Å². The third-order valence-electron chi connectivity index (χ3n) is 2.93. The largest absolute Gasteiger partial charge is 0.481 e. The number of aryl methyl sites for hydroxylation is 1. The highest BCUT2D eigenvalue weighted by atomic mass is 16.5. The number of ether oxygens (including phenoxy) is 2. The molecule has 0 atom stereocenters. The van der Waals surface area contributed by atoms with Gasteiger partial charge in [-0.1, -0.05) is 12.1 Å². The van der Waals surface area contributed by atoms with Crippen molar-refractivity contribution in [3.63, 3.8) is 0 Å². The first kappa shape index (κ1) is 17.7. The Morgan fingerprint density at radius 1 is 1.09 bits per heavy atom. The van der Waals surface area contributed by atoms with E-state index in [0.717, 1.165) is 5.56 Å². The van der Waals surface area contributed by atoms with Gasteiger partial charge in [-0.2, -0.15) is 0 Å². The summed E-state index contributed by atoms with van der Waals surface area (Å²) in [6, 6.07) is 4.87. The van der Waals surface area contributed by atoms with Crippen LogP contribution in [0.2, 0.25) is 0 Å². The molecule has 0 aromatic heterocycles. The molecule has 1 aromatic rings. The molecule has 1 aromatic carbocycles. The van der Waals surface area contributed by atoms with Crippen LogP contribution in [-0.4, -0.2) is 36.2 Å². The minimum absolute atomic E-state index is 0.203. The number of carbonyl (C=O) groups is 3. The molecule has 0 aliphatic rings. The van der Waals surface area contributed by atoms with E-state index in [1.54, 1.807) is 32.0 Å². The van der Waals surface area contributed by atoms with Crippen LogP contribution in [0.5, 0.6) is 0 Å². The Kier molecular flexibility index (Phi) is 7.08. The second kappa shape index (κ2) is 8.81. The summed E-state index contributed by atoms with van der Waals surface area (Å²) in [7, 11) is 0. The average Bonchev–Trinajstić information content (AvgIpc) is 2.46. The lowest BCUT2D eigenvalue weighted by Crippen LogP contribution is -2.12. The molecule has 0 aliphatic heterocycles. The van der Waals surface area contributed by atoms with Crippen molar-refractivity contribution >= 4 is 17.9 Å². The molecule has 6 nitrogen and oxygen atoms in total. The summed E-state index contributed by atoms with van der Waals surface area (Å²) in [6.45, 7) is 3.94. The van der Waals surface area contributed by atoms with Crippen LogP contribution in [0.15, 0.2) is 18.2 Å². The molecule has 0 radical (unpaired) electrons. The van der Waals surface area contributed by atoms with Crippen LogP contribution in [0.25, 0.3) is 0 Å². The number of esters is 2. The fraction of sp³-hybridized carbons (Fsp3) is 0.438. The lowest BCUT2D eigenvalue weighted by atomic mass is 9.99. The molecular weight excluding hydrogens is 288 g/mol. The predicted octanol–water partition coefficient (Wildman–Crippen LogP) is 1.99. The van der Waals surface area contributed by atoms with Crippen molar-refractivity contribution in [3.05, 3.63) is 34.9 Å². The zero-order valence-corrected chi connectivity index (χ0v) is 12.8. The first-order valence-electron chi connectivity index (χ1n) is 7.14. The molecule has 0 bridgehead atoms. The van der Waals surface area contributed by atoms with Gasteiger partial charge in [-0.3, -0.25) is 9.59 Å². The number of hydrogen-bond acceptors (Lipinski definition) is 5. The molecule has 0 amide bonds. The topological polar surface area (TPSA) is 89.9 Å². The van der Waals surface area contributed by atoms with Gasteiger partial charge in [-0.25, -0.2) is 4.79 Å². The minimum Gasteiger partial charge on any atom is -0.481 e. The van der Waals surface area contributed by atoms with Crippen molar-refractivity contribution in [1.82, 2.24) is 0 Å². The SMILES string of the molecule is CCOC(=O)CCc1ccc(CC(=O)O)c(C(=O)OCC)c1. The van der Waals surface area contributed by atoms with Crippen LogP contribution in [0.1, 0.15) is 41.8 Å². The monoisotopic (exact) mass is 308 g/mol. The van der Waals surface area contributed by atoms with E-state index in [4.69, 9.17) is 14.6 Å². The molecule has 22 heavy (non-hydrogen) atoms. The lowest BCUT2D eigenvalue weighted by molar-refractivity contribution is -0.143. The molecule has 0 unspecified atom stereocenters. The Bertz CT molecular complexity index is 550. The van der Waals surface area contributed by atoms with E-state index in [1.807, 2.05) is 0 Å². The van der Waals surface area contributed by atoms with Gasteiger partial charge in [0.05, 0.1) is 25.2 Å². The Morgan fingerprint density at radius 2 is 1.77 bits per heavy atom. The number of hydrogen-bond donors (Lipinski definition) is 1. The maximum atomic E-state index is 11.9. The maximum Gasteiger partial charge on any atom is 0.338 e. The standard InChI is InChI=1S/C16H20O6/c1-3-21-15(19)8-6-11-5-7-12(10-14(17)18)13(9-11)16(20)22-4-2/h5,7,9H,3-4,6,8,10H2,1-2H3,(H,17,18). The highest BCUT2D eigenvalue weighted by Crippen LogP contribution is 2.16. The molecular formula is C16H20O6. The number of carboxylic acids is 1. The summed E-state index contributed by atoms with van der Waals surface area (Å²) in [6.07, 6.45) is 0.360. The van der Waals surface area contributed by atoms with Gasteiger partial charge in [-0.05, 0) is 37.5 Å². The number of carbonyl (C=O) groups excluding carboxylic acids is 2. The molecule has 0 fully saturated rings. The summed E-state index contributed by atoms with van der Waals surface area (Å²) >= 11 is 0. The zero-order chi connectivity index (χ0) is 16.5. The van der Waals surface area contributed by atoms with Gasteiger partial charge in [-0.15, -0.1) is 0 Å². The predicted molar refractivity (Wildman–Crippen MR) is 78.7 cm³/mol. The van der Waals surface area contributed by atoms with Crippen LogP contribution in [0, 0.1) is 0 Å². The third kappa shape index (κ3) is 5.55. The molecule has 1 rings (SSSR count). The van der Waals surface area contributed by atoms with Gasteiger partial charge < -0.3 is 14.6 Å². The van der Waals surface area contributed by atoms with Gasteiger partial charge in [0.1, 0.15) is 0 Å². The van der Waals surface area contributed by atoms with Crippen LogP contribution in [0.4, 0.5) is 0 Å². The van der Waals surface area contributed by atoms with Crippen molar-refractivity contribution < 1.29 is 29.0 Å². The van der Waals surface area contributed by atoms with E-state index < -0.39 is 11.9 Å². The smallest absolute Gasteiger partial charge is 0.338 e. The quantitative estimate of drug-likeness (QED) is 0.739. The van der Waals surface area contributed by atoms with E-state index in [9.17, 15) is 14.4 Å². The maximum absolute atomic E-state index is 11.9. The molecule has 0 spiro atoms. The van der Waals surface area contributed by atoms with Crippen molar-refractivity contribution in [2.75, 3.05) is 13.2 Å². The van der Waals surface area contributed by atoms with Gasteiger partial charge >= 0.3 is 17.9 Å². The van der Waals surface area contributed by atoms with Crippen molar-refractivity contribution in [2.24, 2.45) is 0 Å². The lowest BCUT2D eigenvalue weighted by Gasteiger charge is -2.10. The molecule has 1 N–H and O–H groups in total. The number of rotatable bonds is 8. The fourth-order valence-corrected chi connectivity index (χ4v) is 1.97. The summed E-state index contributed by atoms with van der Waals surface area (Å²) in [5, 5.41) is 8.89. The van der Waals surface area contributed by atoms with E-state index in [0.29, 0.717) is 18.6 Å². The van der Waals surface area contributed by atoms with E-state index in [-0.39, 0.29) is 31.0 Å². The number of carboxylic acid groups (broad SMARTS) is 1. The van der Waals surface area contributed by atoms with Crippen molar-refractivity contribution in [1.29, 1.82) is 0 Å². The second-order valence-electron chi connectivity index (χ2n) is 4.59. The van der Waals surface area contributed by atoms with Gasteiger partial charge in [0, 0.05) is 6.42 Å². The second-order valence-corrected chi connectivity index (χ2v) is 4.59. The molecule has 0 saturated heterocycles. The molecule has 120 valence electrons. The van der Waals surface area contributed by atoms with Crippen molar-refractivity contribution in [3.8, 4) is 0 Å². The molecule has 6 heteroatoms. The number of benzene rings is 1. The highest BCUT2D eigenvalue weighted by molar-refractivity contribution is 5.92.